The number of rotatable bonds is 3. The van der Waals surface area contributed by atoms with Gasteiger partial charge in [-0.1, -0.05) is 0 Å². The van der Waals surface area contributed by atoms with E-state index in [2.05, 4.69) is 10.3 Å². The van der Waals surface area contributed by atoms with Crippen LogP contribution in [-0.4, -0.2) is 15.2 Å². The normalized spacial score (nSPS) is 10.7. The highest BCUT2D eigenvalue weighted by Crippen LogP contribution is 2.24. The summed E-state index contributed by atoms with van der Waals surface area (Å²) in [5.74, 6) is 0.158. The second kappa shape index (κ2) is 4.57. The molecule has 0 radical (unpaired) electrons. The van der Waals surface area contributed by atoms with Crippen molar-refractivity contribution in [1.29, 1.82) is 0 Å². The molecule has 0 amide bonds. The summed E-state index contributed by atoms with van der Waals surface area (Å²) in [4.78, 5) is 3.14. The minimum Gasteiger partial charge on any atom is -0.508 e. The third-order valence-electron chi connectivity index (χ3n) is 3.11. The van der Waals surface area contributed by atoms with Crippen LogP contribution < -0.4 is 5.32 Å². The third kappa shape index (κ3) is 2.33. The fourth-order valence-electron chi connectivity index (χ4n) is 2.06. The van der Waals surface area contributed by atoms with Crippen molar-refractivity contribution in [3.63, 3.8) is 0 Å². The summed E-state index contributed by atoms with van der Waals surface area (Å²) >= 11 is 0. The Hall–Kier alpha value is -2.62. The number of fused-ring (bicyclic) bond motifs is 1. The van der Waals surface area contributed by atoms with Gasteiger partial charge >= 0.3 is 0 Å². The topological polar surface area (TPSA) is 68.3 Å². The Balaban J connectivity index is 1.77. The van der Waals surface area contributed by atoms with Crippen molar-refractivity contribution in [2.45, 2.75) is 6.54 Å². The van der Waals surface area contributed by atoms with Crippen LogP contribution in [0.4, 0.5) is 5.69 Å². The molecule has 3 rings (SSSR count). The first kappa shape index (κ1) is 11.5. The van der Waals surface area contributed by atoms with E-state index < -0.39 is 0 Å². The maximum absolute atomic E-state index is 9.70. The molecule has 0 spiro atoms. The lowest BCUT2D eigenvalue weighted by Gasteiger charge is -2.08. The maximum Gasteiger partial charge on any atom is 0.124 e. The Labute approximate surface area is 110 Å². The average molecular weight is 254 g/mol. The second-order valence-corrected chi connectivity index (χ2v) is 4.45. The third-order valence-corrected chi connectivity index (χ3v) is 3.11. The van der Waals surface area contributed by atoms with E-state index in [1.807, 2.05) is 30.5 Å². The van der Waals surface area contributed by atoms with Crippen LogP contribution in [0.5, 0.6) is 11.5 Å². The Morgan fingerprint density at radius 2 is 1.89 bits per heavy atom. The van der Waals surface area contributed by atoms with Gasteiger partial charge in [-0.05, 0) is 36.4 Å². The van der Waals surface area contributed by atoms with Crippen LogP contribution in [0.15, 0.2) is 48.7 Å². The molecule has 4 N–H and O–H groups in total. The number of aromatic amines is 1. The van der Waals surface area contributed by atoms with E-state index in [1.165, 1.54) is 6.07 Å². The SMILES string of the molecule is Oc1ccc(CNc2ccc3[nH]ccc3c2)c(O)c1. The van der Waals surface area contributed by atoms with Crippen LogP contribution in [0.25, 0.3) is 10.9 Å². The summed E-state index contributed by atoms with van der Waals surface area (Å²) in [6.07, 6.45) is 1.90. The molecule has 2 aromatic carbocycles. The van der Waals surface area contributed by atoms with E-state index in [4.69, 9.17) is 0 Å². The Bertz CT molecular complexity index is 719. The number of benzene rings is 2. The fraction of sp³-hybridized carbons (Fsp3) is 0.0667. The summed E-state index contributed by atoms with van der Waals surface area (Å²) < 4.78 is 0. The first-order chi connectivity index (χ1) is 9.22. The molecule has 0 aliphatic rings. The van der Waals surface area contributed by atoms with Gasteiger partial charge in [-0.25, -0.2) is 0 Å². The van der Waals surface area contributed by atoms with E-state index in [-0.39, 0.29) is 11.5 Å². The van der Waals surface area contributed by atoms with E-state index in [0.717, 1.165) is 22.2 Å². The summed E-state index contributed by atoms with van der Waals surface area (Å²) in [5.41, 5.74) is 2.82. The number of anilines is 1. The van der Waals surface area contributed by atoms with Gasteiger partial charge in [-0.3, -0.25) is 0 Å². The van der Waals surface area contributed by atoms with Crippen molar-refractivity contribution in [2.24, 2.45) is 0 Å². The number of hydrogen-bond acceptors (Lipinski definition) is 3. The van der Waals surface area contributed by atoms with Crippen LogP contribution in [0.1, 0.15) is 5.56 Å². The fourth-order valence-corrected chi connectivity index (χ4v) is 2.06. The van der Waals surface area contributed by atoms with Crippen molar-refractivity contribution in [2.75, 3.05) is 5.32 Å². The molecular formula is C15H14N2O2. The molecule has 4 nitrogen and oxygen atoms in total. The van der Waals surface area contributed by atoms with Crippen molar-refractivity contribution >= 4 is 16.6 Å². The van der Waals surface area contributed by atoms with E-state index in [0.29, 0.717) is 6.54 Å². The number of nitrogens with one attached hydrogen (secondary N) is 2. The highest BCUT2D eigenvalue weighted by atomic mass is 16.3. The first-order valence-corrected chi connectivity index (χ1v) is 6.04. The van der Waals surface area contributed by atoms with Crippen LogP contribution in [0, 0.1) is 0 Å². The summed E-state index contributed by atoms with van der Waals surface area (Å²) in [6, 6.07) is 12.7. The largest absolute Gasteiger partial charge is 0.508 e. The number of aromatic hydroxyl groups is 2. The zero-order chi connectivity index (χ0) is 13.2. The van der Waals surface area contributed by atoms with Crippen LogP contribution >= 0.6 is 0 Å². The smallest absolute Gasteiger partial charge is 0.124 e. The molecule has 19 heavy (non-hydrogen) atoms. The molecule has 0 aliphatic heterocycles. The van der Waals surface area contributed by atoms with E-state index in [9.17, 15) is 10.2 Å². The minimum atomic E-state index is 0.0648. The molecule has 0 bridgehead atoms. The Kier molecular flexibility index (Phi) is 2.76. The molecule has 1 aromatic heterocycles. The lowest BCUT2D eigenvalue weighted by molar-refractivity contribution is 0.446. The number of aromatic nitrogens is 1. The van der Waals surface area contributed by atoms with Gasteiger partial charge in [0.05, 0.1) is 0 Å². The summed E-state index contributed by atoms with van der Waals surface area (Å²) in [5, 5.41) is 23.3. The molecule has 0 saturated heterocycles. The molecule has 3 aromatic rings. The van der Waals surface area contributed by atoms with Gasteiger partial charge in [0.25, 0.3) is 0 Å². The van der Waals surface area contributed by atoms with Crippen molar-refractivity contribution in [1.82, 2.24) is 4.98 Å². The van der Waals surface area contributed by atoms with Gasteiger partial charge in [0, 0.05) is 41.0 Å². The van der Waals surface area contributed by atoms with Gasteiger partial charge < -0.3 is 20.5 Å². The van der Waals surface area contributed by atoms with Gasteiger partial charge in [0.1, 0.15) is 11.5 Å². The molecule has 0 saturated carbocycles. The number of H-pyrrole nitrogens is 1. The van der Waals surface area contributed by atoms with Gasteiger partial charge in [0.15, 0.2) is 0 Å². The van der Waals surface area contributed by atoms with Crippen LogP contribution in [0.3, 0.4) is 0 Å². The lowest BCUT2D eigenvalue weighted by atomic mass is 10.1. The predicted octanol–water partition coefficient (Wildman–Crippen LogP) is 3.19. The van der Waals surface area contributed by atoms with Gasteiger partial charge in [-0.15, -0.1) is 0 Å². The molecular weight excluding hydrogens is 240 g/mol. The number of hydrogen-bond donors (Lipinski definition) is 4. The average Bonchev–Trinajstić information content (AvgIpc) is 2.85. The first-order valence-electron chi connectivity index (χ1n) is 6.04. The molecule has 0 unspecified atom stereocenters. The number of phenols is 2. The van der Waals surface area contributed by atoms with Crippen molar-refractivity contribution in [3.05, 3.63) is 54.2 Å². The molecule has 0 aliphatic carbocycles. The molecule has 0 fully saturated rings. The quantitative estimate of drug-likeness (QED) is 0.580. The molecule has 4 heteroatoms. The maximum atomic E-state index is 9.70. The molecule has 0 atom stereocenters. The Morgan fingerprint density at radius 3 is 2.74 bits per heavy atom. The Morgan fingerprint density at radius 1 is 1.00 bits per heavy atom. The van der Waals surface area contributed by atoms with Gasteiger partial charge in [-0.2, -0.15) is 0 Å². The highest BCUT2D eigenvalue weighted by molar-refractivity contribution is 5.82. The van der Waals surface area contributed by atoms with Crippen LogP contribution in [-0.2, 0) is 6.54 Å². The summed E-state index contributed by atoms with van der Waals surface area (Å²) in [7, 11) is 0. The van der Waals surface area contributed by atoms with Crippen molar-refractivity contribution in [3.8, 4) is 11.5 Å². The predicted molar refractivity (Wildman–Crippen MR) is 75.4 cm³/mol. The monoisotopic (exact) mass is 254 g/mol. The zero-order valence-corrected chi connectivity index (χ0v) is 10.2. The zero-order valence-electron chi connectivity index (χ0n) is 10.2. The lowest BCUT2D eigenvalue weighted by Crippen LogP contribution is -1.99. The highest BCUT2D eigenvalue weighted by Gasteiger charge is 2.03. The standard InChI is InChI=1S/C15H14N2O2/c18-13-3-1-11(15(19)8-13)9-17-12-2-4-14-10(7-12)5-6-16-14/h1-8,16-19H,9H2. The minimum absolute atomic E-state index is 0.0648. The summed E-state index contributed by atoms with van der Waals surface area (Å²) in [6.45, 7) is 0.502. The van der Waals surface area contributed by atoms with Gasteiger partial charge in [0.2, 0.25) is 0 Å². The number of phenolic OH excluding ortho intramolecular Hbond substituents is 2. The molecule has 1 heterocycles. The van der Waals surface area contributed by atoms with Crippen molar-refractivity contribution < 1.29 is 10.2 Å². The van der Waals surface area contributed by atoms with E-state index >= 15 is 0 Å². The second-order valence-electron chi connectivity index (χ2n) is 4.45. The van der Waals surface area contributed by atoms with E-state index in [1.54, 1.807) is 12.1 Å². The molecule has 96 valence electrons. The van der Waals surface area contributed by atoms with Crippen LogP contribution in [0.2, 0.25) is 0 Å².